The molecule has 0 aliphatic rings. The summed E-state index contributed by atoms with van der Waals surface area (Å²) in [5.41, 5.74) is 6.40. The average molecular weight is 333 g/mol. The summed E-state index contributed by atoms with van der Waals surface area (Å²) in [5, 5.41) is 1.22. The predicted molar refractivity (Wildman–Crippen MR) is 103 cm³/mol. The van der Waals surface area contributed by atoms with E-state index in [9.17, 15) is 0 Å². The standard InChI is InChI=1S/C20H23N5/c1-4-25(5-2)12-14-6-7-15-11-18(24-17(15)10-14)16-8-9-21-20-19(16)22-13(3)23-20/h6-11,24H,4-5,12H2,1-3H3,(H,21,22,23). The SMILES string of the molecule is CCN(CC)Cc1ccc2cc(-c3ccnc4[nH]c(C)nc34)[nH]c2c1. The molecule has 4 aromatic rings. The summed E-state index contributed by atoms with van der Waals surface area (Å²) in [6.07, 6.45) is 1.83. The third kappa shape index (κ3) is 2.91. The van der Waals surface area contributed by atoms with Gasteiger partial charge in [-0.25, -0.2) is 9.97 Å². The lowest BCUT2D eigenvalue weighted by atomic mass is 10.1. The van der Waals surface area contributed by atoms with E-state index in [1.165, 1.54) is 10.9 Å². The molecule has 25 heavy (non-hydrogen) atoms. The Morgan fingerprint density at radius 2 is 1.88 bits per heavy atom. The summed E-state index contributed by atoms with van der Waals surface area (Å²) >= 11 is 0. The molecule has 0 aliphatic heterocycles. The molecule has 5 nitrogen and oxygen atoms in total. The van der Waals surface area contributed by atoms with Crippen LogP contribution in [0.5, 0.6) is 0 Å². The van der Waals surface area contributed by atoms with E-state index in [0.717, 1.165) is 53.4 Å². The van der Waals surface area contributed by atoms with E-state index in [-0.39, 0.29) is 0 Å². The van der Waals surface area contributed by atoms with Gasteiger partial charge in [-0.2, -0.15) is 0 Å². The van der Waals surface area contributed by atoms with Crippen molar-refractivity contribution in [2.75, 3.05) is 13.1 Å². The van der Waals surface area contributed by atoms with Gasteiger partial charge in [0.05, 0.1) is 0 Å². The van der Waals surface area contributed by atoms with Gasteiger partial charge in [0, 0.05) is 34.9 Å². The fourth-order valence-corrected chi connectivity index (χ4v) is 3.37. The highest BCUT2D eigenvalue weighted by molar-refractivity contribution is 5.94. The van der Waals surface area contributed by atoms with E-state index in [2.05, 4.69) is 62.9 Å². The van der Waals surface area contributed by atoms with Gasteiger partial charge in [-0.15, -0.1) is 0 Å². The predicted octanol–water partition coefficient (Wildman–Crippen LogP) is 4.26. The van der Waals surface area contributed by atoms with Crippen LogP contribution in [0.4, 0.5) is 0 Å². The first kappa shape index (κ1) is 15.8. The molecule has 0 bridgehead atoms. The third-order valence-electron chi connectivity index (χ3n) is 4.78. The Morgan fingerprint density at radius 3 is 2.68 bits per heavy atom. The minimum Gasteiger partial charge on any atom is -0.354 e. The van der Waals surface area contributed by atoms with Gasteiger partial charge in [0.2, 0.25) is 0 Å². The normalized spacial score (nSPS) is 11.8. The molecule has 2 N–H and O–H groups in total. The number of pyridine rings is 1. The molecule has 0 unspecified atom stereocenters. The lowest BCUT2D eigenvalue weighted by molar-refractivity contribution is 0.296. The molecule has 4 rings (SSSR count). The van der Waals surface area contributed by atoms with Crippen molar-refractivity contribution in [1.29, 1.82) is 0 Å². The minimum absolute atomic E-state index is 0.830. The Hall–Kier alpha value is -2.66. The fraction of sp³-hybridized carbons (Fsp3) is 0.300. The van der Waals surface area contributed by atoms with Gasteiger partial charge in [0.25, 0.3) is 0 Å². The monoisotopic (exact) mass is 333 g/mol. The number of hydrogen-bond donors (Lipinski definition) is 2. The maximum atomic E-state index is 4.59. The van der Waals surface area contributed by atoms with Gasteiger partial charge in [-0.1, -0.05) is 26.0 Å². The lowest BCUT2D eigenvalue weighted by Crippen LogP contribution is -2.21. The second kappa shape index (κ2) is 6.33. The zero-order chi connectivity index (χ0) is 17.4. The molecule has 0 saturated heterocycles. The summed E-state index contributed by atoms with van der Waals surface area (Å²) in [4.78, 5) is 18.2. The number of H-pyrrole nitrogens is 2. The highest BCUT2D eigenvalue weighted by atomic mass is 15.1. The second-order valence-corrected chi connectivity index (χ2v) is 6.44. The van der Waals surface area contributed by atoms with Crippen LogP contribution in [0.25, 0.3) is 33.3 Å². The topological polar surface area (TPSA) is 60.6 Å². The largest absolute Gasteiger partial charge is 0.354 e. The highest BCUT2D eigenvalue weighted by Gasteiger charge is 2.11. The van der Waals surface area contributed by atoms with E-state index < -0.39 is 0 Å². The van der Waals surface area contributed by atoms with Crippen molar-refractivity contribution in [2.24, 2.45) is 0 Å². The number of nitrogens with zero attached hydrogens (tertiary/aromatic N) is 3. The second-order valence-electron chi connectivity index (χ2n) is 6.44. The molecule has 0 fully saturated rings. The summed E-state index contributed by atoms with van der Waals surface area (Å²) in [6, 6.07) is 10.9. The molecule has 0 saturated carbocycles. The van der Waals surface area contributed by atoms with Crippen molar-refractivity contribution in [3.8, 4) is 11.3 Å². The maximum absolute atomic E-state index is 4.59. The van der Waals surface area contributed by atoms with Gasteiger partial charge in [-0.3, -0.25) is 4.90 Å². The van der Waals surface area contributed by atoms with Crippen LogP contribution in [-0.2, 0) is 6.54 Å². The van der Waals surface area contributed by atoms with Gasteiger partial charge in [0.1, 0.15) is 11.3 Å². The van der Waals surface area contributed by atoms with Gasteiger partial charge in [-0.05, 0) is 43.8 Å². The molecule has 0 radical (unpaired) electrons. The quantitative estimate of drug-likeness (QED) is 0.574. The summed E-state index contributed by atoms with van der Waals surface area (Å²) in [6.45, 7) is 9.48. The number of rotatable bonds is 5. The Kier molecular flexibility index (Phi) is 4.01. The first-order chi connectivity index (χ1) is 12.2. The number of hydrogen-bond acceptors (Lipinski definition) is 3. The van der Waals surface area contributed by atoms with Gasteiger partial charge < -0.3 is 9.97 Å². The van der Waals surface area contributed by atoms with Crippen LogP contribution < -0.4 is 0 Å². The molecule has 3 heterocycles. The molecular formula is C20H23N5. The maximum Gasteiger partial charge on any atom is 0.158 e. The molecule has 128 valence electrons. The van der Waals surface area contributed by atoms with Crippen molar-refractivity contribution in [3.05, 3.63) is 47.9 Å². The Labute approximate surface area is 147 Å². The van der Waals surface area contributed by atoms with E-state index in [4.69, 9.17) is 0 Å². The first-order valence-corrected chi connectivity index (χ1v) is 8.83. The van der Waals surface area contributed by atoms with E-state index >= 15 is 0 Å². The number of fused-ring (bicyclic) bond motifs is 2. The van der Waals surface area contributed by atoms with Crippen LogP contribution in [0.2, 0.25) is 0 Å². The number of nitrogens with one attached hydrogen (secondary N) is 2. The van der Waals surface area contributed by atoms with Crippen LogP contribution in [0.3, 0.4) is 0 Å². The van der Waals surface area contributed by atoms with E-state index in [1.54, 1.807) is 0 Å². The molecular weight excluding hydrogens is 310 g/mol. The highest BCUT2D eigenvalue weighted by Crippen LogP contribution is 2.29. The first-order valence-electron chi connectivity index (χ1n) is 8.83. The molecule has 1 aromatic carbocycles. The molecule has 5 heteroatoms. The minimum atomic E-state index is 0.830. The van der Waals surface area contributed by atoms with Crippen molar-refractivity contribution < 1.29 is 0 Å². The molecule has 0 amide bonds. The Morgan fingerprint density at radius 1 is 1.04 bits per heavy atom. The van der Waals surface area contributed by atoms with E-state index in [0.29, 0.717) is 0 Å². The van der Waals surface area contributed by atoms with Gasteiger partial charge in [0.15, 0.2) is 5.65 Å². The number of benzene rings is 1. The molecule has 0 aliphatic carbocycles. The van der Waals surface area contributed by atoms with Crippen LogP contribution in [0.15, 0.2) is 36.5 Å². The van der Waals surface area contributed by atoms with Crippen LogP contribution in [0, 0.1) is 6.92 Å². The Balaban J connectivity index is 1.75. The van der Waals surface area contributed by atoms with Crippen molar-refractivity contribution in [1.82, 2.24) is 24.8 Å². The van der Waals surface area contributed by atoms with E-state index in [1.807, 2.05) is 19.2 Å². The molecule has 0 spiro atoms. The lowest BCUT2D eigenvalue weighted by Gasteiger charge is -2.17. The Bertz CT molecular complexity index is 1020. The smallest absolute Gasteiger partial charge is 0.158 e. The van der Waals surface area contributed by atoms with Crippen LogP contribution in [0.1, 0.15) is 25.2 Å². The van der Waals surface area contributed by atoms with Crippen molar-refractivity contribution >= 4 is 22.1 Å². The van der Waals surface area contributed by atoms with Gasteiger partial charge >= 0.3 is 0 Å². The summed E-state index contributed by atoms with van der Waals surface area (Å²) in [7, 11) is 0. The number of aromatic nitrogens is 4. The number of imidazole rings is 1. The number of aryl methyl sites for hydroxylation is 1. The zero-order valence-corrected chi connectivity index (χ0v) is 14.9. The summed E-state index contributed by atoms with van der Waals surface area (Å²) < 4.78 is 0. The van der Waals surface area contributed by atoms with Crippen molar-refractivity contribution in [2.45, 2.75) is 27.3 Å². The fourth-order valence-electron chi connectivity index (χ4n) is 3.37. The van der Waals surface area contributed by atoms with Crippen molar-refractivity contribution in [3.63, 3.8) is 0 Å². The molecule has 0 atom stereocenters. The summed E-state index contributed by atoms with van der Waals surface area (Å²) in [5.74, 6) is 0.882. The van der Waals surface area contributed by atoms with Crippen LogP contribution in [-0.4, -0.2) is 37.9 Å². The zero-order valence-electron chi connectivity index (χ0n) is 14.9. The molecule has 3 aromatic heterocycles. The van der Waals surface area contributed by atoms with Crippen LogP contribution >= 0.6 is 0 Å². The average Bonchev–Trinajstić information content (AvgIpc) is 3.20. The number of aromatic amines is 2. The third-order valence-corrected chi connectivity index (χ3v) is 4.78.